The molecule has 0 aliphatic rings. The van der Waals surface area contributed by atoms with Crippen molar-refractivity contribution in [2.45, 2.75) is 27.2 Å². The summed E-state index contributed by atoms with van der Waals surface area (Å²) in [5.74, 6) is 0.864. The molecule has 0 bridgehead atoms. The van der Waals surface area contributed by atoms with E-state index in [0.29, 0.717) is 5.41 Å². The number of imidazole rings is 1. The molecule has 0 aliphatic carbocycles. The van der Waals surface area contributed by atoms with Crippen LogP contribution in [-0.4, -0.2) is 16.6 Å². The van der Waals surface area contributed by atoms with Crippen molar-refractivity contribution in [1.29, 1.82) is 0 Å². The van der Waals surface area contributed by atoms with Crippen LogP contribution < -0.4 is 4.74 Å². The van der Waals surface area contributed by atoms with Gasteiger partial charge in [-0.3, -0.25) is 0 Å². The fraction of sp³-hybridized carbons (Fsp3) is 0.462. The molecule has 1 aromatic heterocycles. The Morgan fingerprint density at radius 1 is 1.31 bits per heavy atom. The lowest BCUT2D eigenvalue weighted by molar-refractivity contribution is 0.245. The van der Waals surface area contributed by atoms with E-state index in [9.17, 15) is 0 Å². The minimum atomic E-state index is 0.305. The molecule has 0 aliphatic heterocycles. The summed E-state index contributed by atoms with van der Waals surface area (Å²) in [7, 11) is 0. The Bertz CT molecular complexity index is 468. The van der Waals surface area contributed by atoms with Crippen LogP contribution in [0.5, 0.6) is 5.75 Å². The standard InChI is InChI=1S/C13H18N2O/c1-13(2,3)7-8-16-11-6-4-5-10-12(11)15-9-14-10/h4-6,9H,7-8H2,1-3H3,(H,14,15). The quantitative estimate of drug-likeness (QED) is 0.857. The van der Waals surface area contributed by atoms with Gasteiger partial charge in [0.05, 0.1) is 18.5 Å². The molecule has 2 aromatic rings. The maximum Gasteiger partial charge on any atom is 0.147 e. The number of ether oxygens (including phenoxy) is 1. The molecule has 86 valence electrons. The van der Waals surface area contributed by atoms with Crippen LogP contribution >= 0.6 is 0 Å². The lowest BCUT2D eigenvalue weighted by Gasteiger charge is -2.18. The van der Waals surface area contributed by atoms with E-state index in [2.05, 4.69) is 30.7 Å². The molecule has 1 N–H and O–H groups in total. The molecule has 0 amide bonds. The molecular formula is C13H18N2O. The third-order valence-corrected chi connectivity index (χ3v) is 2.52. The van der Waals surface area contributed by atoms with Gasteiger partial charge in [-0.25, -0.2) is 4.98 Å². The molecule has 3 heteroatoms. The zero-order valence-electron chi connectivity index (χ0n) is 10.1. The second-order valence-corrected chi connectivity index (χ2v) is 5.21. The minimum absolute atomic E-state index is 0.305. The van der Waals surface area contributed by atoms with Gasteiger partial charge in [0, 0.05) is 0 Å². The molecule has 2 rings (SSSR count). The molecule has 0 unspecified atom stereocenters. The summed E-state index contributed by atoms with van der Waals surface area (Å²) in [4.78, 5) is 7.33. The fourth-order valence-electron chi connectivity index (χ4n) is 1.52. The van der Waals surface area contributed by atoms with Crippen molar-refractivity contribution in [3.05, 3.63) is 24.5 Å². The molecule has 3 nitrogen and oxygen atoms in total. The van der Waals surface area contributed by atoms with Crippen molar-refractivity contribution < 1.29 is 4.74 Å². The van der Waals surface area contributed by atoms with Gasteiger partial charge in [-0.1, -0.05) is 26.8 Å². The molecule has 0 saturated heterocycles. The van der Waals surface area contributed by atoms with Crippen LogP contribution in [0.3, 0.4) is 0 Å². The monoisotopic (exact) mass is 218 g/mol. The normalized spacial score (nSPS) is 11.9. The van der Waals surface area contributed by atoms with Crippen LogP contribution in [0.4, 0.5) is 0 Å². The summed E-state index contributed by atoms with van der Waals surface area (Å²) < 4.78 is 5.77. The van der Waals surface area contributed by atoms with Gasteiger partial charge in [0.1, 0.15) is 11.3 Å². The van der Waals surface area contributed by atoms with Crippen LogP contribution in [0, 0.1) is 5.41 Å². The lowest BCUT2D eigenvalue weighted by atomic mass is 9.93. The Morgan fingerprint density at radius 2 is 2.12 bits per heavy atom. The first-order valence-electron chi connectivity index (χ1n) is 5.61. The van der Waals surface area contributed by atoms with E-state index < -0.39 is 0 Å². The van der Waals surface area contributed by atoms with E-state index in [4.69, 9.17) is 4.74 Å². The van der Waals surface area contributed by atoms with Crippen LogP contribution in [0.2, 0.25) is 0 Å². The smallest absolute Gasteiger partial charge is 0.147 e. The van der Waals surface area contributed by atoms with Gasteiger partial charge < -0.3 is 9.72 Å². The van der Waals surface area contributed by atoms with Crippen molar-refractivity contribution in [2.24, 2.45) is 5.41 Å². The second kappa shape index (κ2) is 4.16. The largest absolute Gasteiger partial charge is 0.491 e. The molecule has 0 saturated carbocycles. The van der Waals surface area contributed by atoms with Crippen molar-refractivity contribution in [3.63, 3.8) is 0 Å². The Hall–Kier alpha value is -1.51. The summed E-state index contributed by atoms with van der Waals surface area (Å²) in [5, 5.41) is 0. The number of aromatic amines is 1. The highest BCUT2D eigenvalue weighted by Crippen LogP contribution is 2.24. The predicted octanol–water partition coefficient (Wildman–Crippen LogP) is 3.38. The first-order chi connectivity index (χ1) is 7.56. The van der Waals surface area contributed by atoms with Crippen LogP contribution in [-0.2, 0) is 0 Å². The molecule has 1 heterocycles. The van der Waals surface area contributed by atoms with E-state index in [1.54, 1.807) is 6.33 Å². The van der Waals surface area contributed by atoms with Gasteiger partial charge in [-0.2, -0.15) is 0 Å². The molecule has 1 aromatic carbocycles. The fourth-order valence-corrected chi connectivity index (χ4v) is 1.52. The third kappa shape index (κ3) is 2.54. The number of rotatable bonds is 3. The van der Waals surface area contributed by atoms with Gasteiger partial charge in [-0.15, -0.1) is 0 Å². The second-order valence-electron chi connectivity index (χ2n) is 5.21. The number of hydrogen-bond donors (Lipinski definition) is 1. The van der Waals surface area contributed by atoms with Gasteiger partial charge in [0.2, 0.25) is 0 Å². The van der Waals surface area contributed by atoms with Crippen molar-refractivity contribution >= 4 is 11.0 Å². The minimum Gasteiger partial charge on any atom is -0.491 e. The van der Waals surface area contributed by atoms with Crippen LogP contribution in [0.25, 0.3) is 11.0 Å². The van der Waals surface area contributed by atoms with Crippen molar-refractivity contribution in [2.75, 3.05) is 6.61 Å². The molecule has 16 heavy (non-hydrogen) atoms. The van der Waals surface area contributed by atoms with E-state index in [-0.39, 0.29) is 0 Å². The summed E-state index contributed by atoms with van der Waals surface area (Å²) in [6.45, 7) is 7.37. The van der Waals surface area contributed by atoms with E-state index in [1.165, 1.54) is 0 Å². The summed E-state index contributed by atoms with van der Waals surface area (Å²) in [6.07, 6.45) is 2.73. The van der Waals surface area contributed by atoms with Crippen molar-refractivity contribution in [1.82, 2.24) is 9.97 Å². The average Bonchev–Trinajstić information content (AvgIpc) is 2.64. The maximum absolute atomic E-state index is 5.77. The Kier molecular flexibility index (Phi) is 2.86. The summed E-state index contributed by atoms with van der Waals surface area (Å²) in [5.41, 5.74) is 2.24. The number of nitrogens with zero attached hydrogens (tertiary/aromatic N) is 1. The van der Waals surface area contributed by atoms with Crippen molar-refractivity contribution in [3.8, 4) is 5.75 Å². The number of para-hydroxylation sites is 1. The highest BCUT2D eigenvalue weighted by Gasteiger charge is 2.11. The zero-order valence-corrected chi connectivity index (χ0v) is 10.1. The van der Waals surface area contributed by atoms with Crippen LogP contribution in [0.15, 0.2) is 24.5 Å². The Balaban J connectivity index is 2.07. The van der Waals surface area contributed by atoms with E-state index in [0.717, 1.165) is 29.8 Å². The number of fused-ring (bicyclic) bond motifs is 1. The topological polar surface area (TPSA) is 37.9 Å². The highest BCUT2D eigenvalue weighted by atomic mass is 16.5. The molecule has 0 atom stereocenters. The number of nitrogens with one attached hydrogen (secondary N) is 1. The van der Waals surface area contributed by atoms with E-state index >= 15 is 0 Å². The first kappa shape index (κ1) is 11.0. The summed E-state index contributed by atoms with van der Waals surface area (Å²) in [6, 6.07) is 5.94. The molecule has 0 radical (unpaired) electrons. The Labute approximate surface area is 95.8 Å². The first-order valence-corrected chi connectivity index (χ1v) is 5.61. The maximum atomic E-state index is 5.77. The zero-order chi connectivity index (χ0) is 11.6. The number of aromatic nitrogens is 2. The molecular weight excluding hydrogens is 200 g/mol. The number of hydrogen-bond acceptors (Lipinski definition) is 2. The third-order valence-electron chi connectivity index (χ3n) is 2.52. The van der Waals surface area contributed by atoms with Gasteiger partial charge >= 0.3 is 0 Å². The number of H-pyrrole nitrogens is 1. The molecule has 0 fully saturated rings. The van der Waals surface area contributed by atoms with Gasteiger partial charge in [0.15, 0.2) is 0 Å². The number of benzene rings is 1. The van der Waals surface area contributed by atoms with Gasteiger partial charge in [-0.05, 0) is 24.0 Å². The average molecular weight is 218 g/mol. The molecule has 0 spiro atoms. The predicted molar refractivity (Wildman–Crippen MR) is 65.7 cm³/mol. The SMILES string of the molecule is CC(C)(C)CCOc1cccc2[nH]cnc12. The highest BCUT2D eigenvalue weighted by molar-refractivity contribution is 5.80. The lowest BCUT2D eigenvalue weighted by Crippen LogP contribution is -2.11. The van der Waals surface area contributed by atoms with Gasteiger partial charge in [0.25, 0.3) is 0 Å². The van der Waals surface area contributed by atoms with E-state index in [1.807, 2.05) is 18.2 Å². The Morgan fingerprint density at radius 3 is 2.88 bits per heavy atom. The summed E-state index contributed by atoms with van der Waals surface area (Å²) >= 11 is 0. The van der Waals surface area contributed by atoms with Crippen LogP contribution in [0.1, 0.15) is 27.2 Å².